The summed E-state index contributed by atoms with van der Waals surface area (Å²) in [5.74, 6) is 2.57. The monoisotopic (exact) mass is 334 g/mol. The highest BCUT2D eigenvalue weighted by molar-refractivity contribution is 5.95. The molecule has 3 heterocycles. The van der Waals surface area contributed by atoms with Crippen molar-refractivity contribution in [3.05, 3.63) is 34.8 Å². The molecule has 1 atom stereocenters. The van der Waals surface area contributed by atoms with Crippen LogP contribution in [0.4, 0.5) is 0 Å². The van der Waals surface area contributed by atoms with E-state index in [0.717, 1.165) is 12.2 Å². The van der Waals surface area contributed by atoms with Gasteiger partial charge < -0.3 is 18.8 Å². The van der Waals surface area contributed by atoms with E-state index in [9.17, 15) is 4.79 Å². The molecule has 1 saturated heterocycles. The molecule has 8 heteroatoms. The summed E-state index contributed by atoms with van der Waals surface area (Å²) < 4.78 is 16.3. The third-order valence-corrected chi connectivity index (χ3v) is 4.01. The van der Waals surface area contributed by atoms with Crippen molar-refractivity contribution in [2.75, 3.05) is 26.8 Å². The fourth-order valence-corrected chi connectivity index (χ4v) is 2.74. The topological polar surface area (TPSA) is 93.5 Å². The third kappa shape index (κ3) is 3.34. The molecule has 0 saturated carbocycles. The highest BCUT2D eigenvalue weighted by Crippen LogP contribution is 2.23. The molecule has 0 bridgehead atoms. The highest BCUT2D eigenvalue weighted by Gasteiger charge is 2.30. The van der Waals surface area contributed by atoms with Crippen LogP contribution in [-0.4, -0.2) is 52.8 Å². The van der Waals surface area contributed by atoms with Crippen LogP contribution in [0, 0.1) is 6.92 Å². The number of hydrogen-bond donors (Lipinski definition) is 1. The van der Waals surface area contributed by atoms with Crippen molar-refractivity contribution >= 4 is 5.91 Å². The normalized spacial score (nSPS) is 18.1. The van der Waals surface area contributed by atoms with Gasteiger partial charge in [-0.2, -0.15) is 5.10 Å². The maximum atomic E-state index is 12.8. The molecule has 130 valence electrons. The summed E-state index contributed by atoms with van der Waals surface area (Å²) in [7, 11) is 1.59. The van der Waals surface area contributed by atoms with Gasteiger partial charge in [0.2, 0.25) is 0 Å². The third-order valence-electron chi connectivity index (χ3n) is 4.01. The van der Waals surface area contributed by atoms with Gasteiger partial charge in [-0.15, -0.1) is 0 Å². The molecule has 8 nitrogen and oxygen atoms in total. The van der Waals surface area contributed by atoms with Crippen molar-refractivity contribution < 1.29 is 18.7 Å². The first-order valence-electron chi connectivity index (χ1n) is 8.02. The number of morpholine rings is 1. The van der Waals surface area contributed by atoms with E-state index in [1.165, 1.54) is 0 Å². The average molecular weight is 334 g/mol. The number of nitrogens with zero attached hydrogens (tertiary/aromatic N) is 3. The van der Waals surface area contributed by atoms with Gasteiger partial charge in [-0.25, -0.2) is 4.98 Å². The van der Waals surface area contributed by atoms with Gasteiger partial charge in [0.25, 0.3) is 5.91 Å². The molecule has 1 amide bonds. The van der Waals surface area contributed by atoms with Crippen LogP contribution in [0.1, 0.15) is 46.6 Å². The van der Waals surface area contributed by atoms with E-state index < -0.39 is 0 Å². The fraction of sp³-hybridized carbons (Fsp3) is 0.562. The van der Waals surface area contributed by atoms with Crippen molar-refractivity contribution in [3.63, 3.8) is 0 Å². The number of H-pyrrole nitrogens is 1. The number of rotatable bonds is 5. The number of amides is 1. The average Bonchev–Trinajstić information content (AvgIpc) is 3.21. The molecule has 0 spiro atoms. The maximum Gasteiger partial charge on any atom is 0.257 e. The van der Waals surface area contributed by atoms with E-state index in [1.54, 1.807) is 25.0 Å². The van der Waals surface area contributed by atoms with E-state index in [-0.39, 0.29) is 12.0 Å². The number of methoxy groups -OCH3 is 1. The molecule has 1 N–H and O–H groups in total. The van der Waals surface area contributed by atoms with E-state index in [2.05, 4.69) is 15.2 Å². The van der Waals surface area contributed by atoms with Gasteiger partial charge >= 0.3 is 0 Å². The lowest BCUT2D eigenvalue weighted by Gasteiger charge is -2.31. The molecule has 3 rings (SSSR count). The van der Waals surface area contributed by atoms with E-state index in [1.807, 2.05) is 6.92 Å². The fourth-order valence-electron chi connectivity index (χ4n) is 2.74. The van der Waals surface area contributed by atoms with Crippen LogP contribution in [0.15, 0.2) is 10.5 Å². The van der Waals surface area contributed by atoms with Crippen LogP contribution in [0.5, 0.6) is 0 Å². The zero-order chi connectivity index (χ0) is 17.1. The Morgan fingerprint density at radius 2 is 2.38 bits per heavy atom. The van der Waals surface area contributed by atoms with Crippen molar-refractivity contribution in [3.8, 4) is 0 Å². The minimum Gasteiger partial charge on any atom is -0.463 e. The Bertz CT molecular complexity index is 709. The highest BCUT2D eigenvalue weighted by atomic mass is 16.5. The Labute approximate surface area is 140 Å². The Morgan fingerprint density at radius 3 is 3.08 bits per heavy atom. The first kappa shape index (κ1) is 16.7. The first-order chi connectivity index (χ1) is 11.6. The predicted octanol–water partition coefficient (Wildman–Crippen LogP) is 1.63. The van der Waals surface area contributed by atoms with Crippen LogP contribution in [0.25, 0.3) is 0 Å². The van der Waals surface area contributed by atoms with E-state index >= 15 is 0 Å². The lowest BCUT2D eigenvalue weighted by Crippen LogP contribution is -2.42. The van der Waals surface area contributed by atoms with Gasteiger partial charge in [0.1, 0.15) is 30.1 Å². The van der Waals surface area contributed by atoms with Crippen LogP contribution in [0.2, 0.25) is 0 Å². The maximum absolute atomic E-state index is 12.8. The summed E-state index contributed by atoms with van der Waals surface area (Å²) in [4.78, 5) is 19.0. The van der Waals surface area contributed by atoms with Gasteiger partial charge in [-0.05, 0) is 13.0 Å². The lowest BCUT2D eigenvalue weighted by molar-refractivity contribution is -0.0267. The zero-order valence-corrected chi connectivity index (χ0v) is 14.2. The Balaban J connectivity index is 1.73. The van der Waals surface area contributed by atoms with Gasteiger partial charge in [0, 0.05) is 20.1 Å². The van der Waals surface area contributed by atoms with Gasteiger partial charge in [0.05, 0.1) is 18.7 Å². The van der Waals surface area contributed by atoms with Crippen molar-refractivity contribution in [2.24, 2.45) is 0 Å². The Kier molecular flexibility index (Phi) is 4.96. The molecule has 24 heavy (non-hydrogen) atoms. The summed E-state index contributed by atoms with van der Waals surface area (Å²) in [6.07, 6.45) is 0.462. The second kappa shape index (κ2) is 7.14. The molecule has 2 aromatic heterocycles. The summed E-state index contributed by atoms with van der Waals surface area (Å²) in [5.41, 5.74) is 0.562. The summed E-state index contributed by atoms with van der Waals surface area (Å²) in [6, 6.07) is 1.74. The number of aryl methyl sites for hydroxylation is 2. The summed E-state index contributed by atoms with van der Waals surface area (Å²) in [5, 5.41) is 7.07. The van der Waals surface area contributed by atoms with Gasteiger partial charge in [-0.1, -0.05) is 6.92 Å². The quantitative estimate of drug-likeness (QED) is 0.893. The van der Waals surface area contributed by atoms with Crippen LogP contribution < -0.4 is 0 Å². The molecule has 0 aliphatic carbocycles. The second-order valence-corrected chi connectivity index (χ2v) is 5.72. The smallest absolute Gasteiger partial charge is 0.257 e. The van der Waals surface area contributed by atoms with E-state index in [0.29, 0.717) is 49.2 Å². The van der Waals surface area contributed by atoms with Crippen molar-refractivity contribution in [2.45, 2.75) is 33.0 Å². The van der Waals surface area contributed by atoms with Gasteiger partial charge in [-0.3, -0.25) is 9.89 Å². The van der Waals surface area contributed by atoms with Gasteiger partial charge in [0.15, 0.2) is 5.82 Å². The Morgan fingerprint density at radius 1 is 1.54 bits per heavy atom. The molecule has 0 unspecified atom stereocenters. The molecule has 0 radical (unpaired) electrons. The van der Waals surface area contributed by atoms with Crippen molar-refractivity contribution in [1.29, 1.82) is 0 Å². The number of furan rings is 1. The van der Waals surface area contributed by atoms with Crippen molar-refractivity contribution in [1.82, 2.24) is 20.1 Å². The van der Waals surface area contributed by atoms with Crippen LogP contribution in [0.3, 0.4) is 0 Å². The zero-order valence-electron chi connectivity index (χ0n) is 14.2. The standard InChI is InChI=1S/C16H22N4O4/c1-4-14-17-15(19-18-14)13-8-20(5-6-23-13)16(21)12-7-11(9-22-3)24-10(12)2/h7,13H,4-6,8-9H2,1-3H3,(H,17,18,19)/t13-/m1/s1. The number of carbonyl (C=O) groups is 1. The first-order valence-corrected chi connectivity index (χ1v) is 8.02. The number of aromatic amines is 1. The molecule has 0 aromatic carbocycles. The predicted molar refractivity (Wildman–Crippen MR) is 84.5 cm³/mol. The van der Waals surface area contributed by atoms with Crippen LogP contribution >= 0.6 is 0 Å². The minimum atomic E-state index is -0.315. The number of carbonyl (C=O) groups excluding carboxylic acids is 1. The molecule has 1 fully saturated rings. The number of aromatic nitrogens is 3. The summed E-state index contributed by atoms with van der Waals surface area (Å²) in [6.45, 7) is 5.54. The SMILES string of the molecule is CCc1nc([C@H]2CN(C(=O)c3cc(COC)oc3C)CCO2)n[nH]1. The molecular weight excluding hydrogens is 312 g/mol. The number of hydrogen-bond acceptors (Lipinski definition) is 6. The Hall–Kier alpha value is -2.19. The number of nitrogens with one attached hydrogen (secondary N) is 1. The van der Waals surface area contributed by atoms with E-state index in [4.69, 9.17) is 13.9 Å². The molecular formula is C16H22N4O4. The minimum absolute atomic E-state index is 0.0712. The molecule has 2 aromatic rings. The molecule has 1 aliphatic rings. The number of ether oxygens (including phenoxy) is 2. The lowest BCUT2D eigenvalue weighted by atomic mass is 10.2. The second-order valence-electron chi connectivity index (χ2n) is 5.72. The van der Waals surface area contributed by atoms with Crippen LogP contribution in [-0.2, 0) is 22.5 Å². The molecule has 1 aliphatic heterocycles. The largest absolute Gasteiger partial charge is 0.463 e. The summed E-state index contributed by atoms with van der Waals surface area (Å²) >= 11 is 0.